The van der Waals surface area contributed by atoms with Crippen molar-refractivity contribution in [3.8, 4) is 5.75 Å². The predicted octanol–water partition coefficient (Wildman–Crippen LogP) is 3.94. The van der Waals surface area contributed by atoms with Crippen molar-refractivity contribution in [2.24, 2.45) is 0 Å². The third kappa shape index (κ3) is 4.36. The van der Waals surface area contributed by atoms with Crippen LogP contribution in [0.2, 0.25) is 0 Å². The summed E-state index contributed by atoms with van der Waals surface area (Å²) >= 11 is 0. The van der Waals surface area contributed by atoms with Gasteiger partial charge in [0.15, 0.2) is 0 Å². The molecule has 0 aliphatic carbocycles. The van der Waals surface area contributed by atoms with E-state index in [0.717, 1.165) is 22.9 Å². The van der Waals surface area contributed by atoms with Crippen molar-refractivity contribution in [3.63, 3.8) is 0 Å². The van der Waals surface area contributed by atoms with E-state index >= 15 is 0 Å². The van der Waals surface area contributed by atoms with Gasteiger partial charge in [0.25, 0.3) is 11.7 Å². The SMILES string of the molecule is CCCOc1cccc(C2/C(=C(/O)c3c[nH]c4ccccc34)C(=O)C(=O)N2CCN(C)C)c1. The lowest BCUT2D eigenvalue weighted by molar-refractivity contribution is -0.140. The van der Waals surface area contributed by atoms with Crippen molar-refractivity contribution in [2.75, 3.05) is 33.8 Å². The molecule has 1 aliphatic heterocycles. The van der Waals surface area contributed by atoms with Crippen LogP contribution in [0.3, 0.4) is 0 Å². The van der Waals surface area contributed by atoms with Crippen LogP contribution in [0, 0.1) is 0 Å². The number of ketones is 1. The number of aliphatic hydroxyl groups excluding tert-OH is 1. The second-order valence-electron chi connectivity index (χ2n) is 8.46. The molecule has 7 heteroatoms. The molecule has 7 nitrogen and oxygen atoms in total. The minimum absolute atomic E-state index is 0.0937. The summed E-state index contributed by atoms with van der Waals surface area (Å²) in [5.41, 5.74) is 2.16. The highest BCUT2D eigenvalue weighted by Gasteiger charge is 2.46. The minimum Gasteiger partial charge on any atom is -0.507 e. The van der Waals surface area contributed by atoms with Gasteiger partial charge in [0.2, 0.25) is 0 Å². The number of nitrogens with one attached hydrogen (secondary N) is 1. The summed E-state index contributed by atoms with van der Waals surface area (Å²) in [7, 11) is 3.83. The number of amides is 1. The summed E-state index contributed by atoms with van der Waals surface area (Å²) in [4.78, 5) is 32.9. The lowest BCUT2D eigenvalue weighted by atomic mass is 9.95. The Hall–Kier alpha value is -3.58. The molecule has 1 atom stereocenters. The van der Waals surface area contributed by atoms with E-state index in [0.29, 0.717) is 31.0 Å². The van der Waals surface area contributed by atoms with E-state index < -0.39 is 17.7 Å². The van der Waals surface area contributed by atoms with Gasteiger partial charge in [-0.15, -0.1) is 0 Å². The van der Waals surface area contributed by atoms with Crippen molar-refractivity contribution >= 4 is 28.4 Å². The van der Waals surface area contributed by atoms with Gasteiger partial charge in [-0.25, -0.2) is 0 Å². The first kappa shape index (κ1) is 22.6. The van der Waals surface area contributed by atoms with Gasteiger partial charge in [-0.3, -0.25) is 9.59 Å². The number of para-hydroxylation sites is 1. The minimum atomic E-state index is -0.705. The molecule has 2 aromatic carbocycles. The highest BCUT2D eigenvalue weighted by molar-refractivity contribution is 6.46. The predicted molar refractivity (Wildman–Crippen MR) is 128 cm³/mol. The number of hydrogen-bond acceptors (Lipinski definition) is 5. The van der Waals surface area contributed by atoms with Crippen LogP contribution < -0.4 is 4.74 Å². The maximum Gasteiger partial charge on any atom is 0.295 e. The summed E-state index contributed by atoms with van der Waals surface area (Å²) < 4.78 is 5.79. The molecular formula is C26H29N3O4. The zero-order valence-electron chi connectivity index (χ0n) is 19.2. The molecule has 1 saturated heterocycles. The van der Waals surface area contributed by atoms with E-state index in [-0.39, 0.29) is 11.3 Å². The van der Waals surface area contributed by atoms with E-state index in [2.05, 4.69) is 4.98 Å². The number of fused-ring (bicyclic) bond motifs is 1. The number of H-pyrrole nitrogens is 1. The van der Waals surface area contributed by atoms with Crippen molar-refractivity contribution in [1.29, 1.82) is 0 Å². The molecule has 2 N–H and O–H groups in total. The molecule has 33 heavy (non-hydrogen) atoms. The topological polar surface area (TPSA) is 85.9 Å². The molecule has 0 bridgehead atoms. The third-order valence-electron chi connectivity index (χ3n) is 5.82. The van der Waals surface area contributed by atoms with Crippen LogP contribution in [-0.4, -0.2) is 65.4 Å². The fraction of sp³-hybridized carbons (Fsp3) is 0.308. The molecule has 4 rings (SSSR count). The van der Waals surface area contributed by atoms with Crippen molar-refractivity contribution in [3.05, 3.63) is 71.4 Å². The van der Waals surface area contributed by atoms with E-state index in [1.165, 1.54) is 0 Å². The number of hydrogen-bond donors (Lipinski definition) is 2. The fourth-order valence-corrected chi connectivity index (χ4v) is 4.17. The first-order valence-electron chi connectivity index (χ1n) is 11.1. The third-order valence-corrected chi connectivity index (χ3v) is 5.82. The van der Waals surface area contributed by atoms with Crippen molar-refractivity contribution < 1.29 is 19.4 Å². The van der Waals surface area contributed by atoms with Crippen LogP contribution in [0.5, 0.6) is 5.75 Å². The molecular weight excluding hydrogens is 418 g/mol. The molecule has 172 valence electrons. The zero-order valence-corrected chi connectivity index (χ0v) is 19.2. The number of benzene rings is 2. The van der Waals surface area contributed by atoms with Gasteiger partial charge in [0, 0.05) is 35.8 Å². The summed E-state index contributed by atoms with van der Waals surface area (Å²) in [6, 6.07) is 14.2. The van der Waals surface area contributed by atoms with E-state index in [4.69, 9.17) is 4.74 Å². The second kappa shape index (κ2) is 9.50. The second-order valence-corrected chi connectivity index (χ2v) is 8.46. The monoisotopic (exact) mass is 447 g/mol. The molecule has 1 unspecified atom stereocenters. The Morgan fingerprint density at radius 1 is 1.15 bits per heavy atom. The van der Waals surface area contributed by atoms with Crippen LogP contribution in [0.4, 0.5) is 0 Å². The van der Waals surface area contributed by atoms with Gasteiger partial charge >= 0.3 is 0 Å². The summed E-state index contributed by atoms with van der Waals surface area (Å²) in [5.74, 6) is -0.799. The summed E-state index contributed by atoms with van der Waals surface area (Å²) in [6.45, 7) is 3.54. The highest BCUT2D eigenvalue weighted by atomic mass is 16.5. The number of likely N-dealkylation sites (tertiary alicyclic amines) is 1. The van der Waals surface area contributed by atoms with Crippen LogP contribution in [0.25, 0.3) is 16.7 Å². The fourth-order valence-electron chi connectivity index (χ4n) is 4.17. The van der Waals surface area contributed by atoms with Crippen LogP contribution in [0.1, 0.15) is 30.5 Å². The Morgan fingerprint density at radius 3 is 2.70 bits per heavy atom. The highest BCUT2D eigenvalue weighted by Crippen LogP contribution is 2.41. The van der Waals surface area contributed by atoms with Gasteiger partial charge in [0.05, 0.1) is 18.2 Å². The number of ether oxygens (including phenoxy) is 1. The van der Waals surface area contributed by atoms with Gasteiger partial charge in [-0.05, 0) is 44.3 Å². The van der Waals surface area contributed by atoms with Crippen molar-refractivity contribution in [2.45, 2.75) is 19.4 Å². The van der Waals surface area contributed by atoms with Crippen LogP contribution >= 0.6 is 0 Å². The normalized spacial score (nSPS) is 17.9. The molecule has 0 spiro atoms. The number of Topliss-reactive ketones (excluding diaryl/α,β-unsaturated/α-hetero) is 1. The molecule has 0 saturated carbocycles. The van der Waals surface area contributed by atoms with E-state index in [1.807, 2.05) is 74.4 Å². The molecule has 3 aromatic rings. The first-order valence-corrected chi connectivity index (χ1v) is 11.1. The van der Waals surface area contributed by atoms with Gasteiger partial charge in [-0.1, -0.05) is 37.3 Å². The number of aromatic amines is 1. The Morgan fingerprint density at radius 2 is 1.94 bits per heavy atom. The van der Waals surface area contributed by atoms with Gasteiger partial charge in [-0.2, -0.15) is 0 Å². The lowest BCUT2D eigenvalue weighted by Crippen LogP contribution is -2.35. The number of aliphatic hydroxyl groups is 1. The smallest absolute Gasteiger partial charge is 0.295 e. The summed E-state index contributed by atoms with van der Waals surface area (Å²) in [5, 5.41) is 12.1. The van der Waals surface area contributed by atoms with E-state index in [9.17, 15) is 14.7 Å². The largest absolute Gasteiger partial charge is 0.507 e. The molecule has 1 amide bonds. The standard InChI is InChI=1S/C26H29N3O4/c1-4-14-33-18-9-7-8-17(15-18)23-22(25(31)26(32)29(23)13-12-28(2)3)24(30)20-16-27-21-11-6-5-10-19(20)21/h5-11,15-16,23,27,30H,4,12-14H2,1-3H3/b24-22-. The Kier molecular flexibility index (Phi) is 6.51. The Labute approximate surface area is 193 Å². The number of likely N-dealkylation sites (N-methyl/N-ethyl adjacent to an activating group) is 1. The number of aromatic nitrogens is 1. The molecule has 1 fully saturated rings. The molecule has 1 aromatic heterocycles. The Balaban J connectivity index is 1.85. The average molecular weight is 448 g/mol. The lowest BCUT2D eigenvalue weighted by Gasteiger charge is -2.26. The Bertz CT molecular complexity index is 1210. The van der Waals surface area contributed by atoms with E-state index in [1.54, 1.807) is 11.1 Å². The van der Waals surface area contributed by atoms with Crippen LogP contribution in [0.15, 0.2) is 60.3 Å². The quantitative estimate of drug-likeness (QED) is 0.310. The maximum atomic E-state index is 13.2. The average Bonchev–Trinajstić information content (AvgIpc) is 3.35. The maximum absolute atomic E-state index is 13.2. The molecule has 2 heterocycles. The number of rotatable bonds is 8. The van der Waals surface area contributed by atoms with Gasteiger partial charge in [0.1, 0.15) is 11.5 Å². The molecule has 1 aliphatic rings. The number of carbonyl (C=O) groups is 2. The van der Waals surface area contributed by atoms with Crippen molar-refractivity contribution in [1.82, 2.24) is 14.8 Å². The molecule has 0 radical (unpaired) electrons. The first-order chi connectivity index (χ1) is 15.9. The summed E-state index contributed by atoms with van der Waals surface area (Å²) in [6.07, 6.45) is 2.54. The van der Waals surface area contributed by atoms with Crippen LogP contribution in [-0.2, 0) is 9.59 Å². The number of carbonyl (C=O) groups excluding carboxylic acids is 2. The zero-order chi connectivity index (χ0) is 23.5. The number of nitrogens with zero attached hydrogens (tertiary/aromatic N) is 2. The van der Waals surface area contributed by atoms with Gasteiger partial charge < -0.3 is 24.6 Å².